The van der Waals surface area contributed by atoms with E-state index >= 15 is 0 Å². The van der Waals surface area contributed by atoms with Crippen molar-refractivity contribution in [3.05, 3.63) is 0 Å². The average Bonchev–Trinajstić information content (AvgIpc) is 2.93. The number of aliphatic hydroxyl groups excluding tert-OH is 5. The monoisotopic (exact) mass is 591 g/mol. The molecule has 4 rings (SSSR count). The highest BCUT2D eigenvalue weighted by Gasteiger charge is 2.52. The molecule has 17 N–H and O–H groups in total. The summed E-state index contributed by atoms with van der Waals surface area (Å²) < 4.78 is 18.3. The summed E-state index contributed by atoms with van der Waals surface area (Å²) in [5, 5.41) is 59.1. The van der Waals surface area contributed by atoms with Crippen LogP contribution in [0.1, 0.15) is 32.1 Å². The van der Waals surface area contributed by atoms with Gasteiger partial charge in [-0.15, -0.1) is 0 Å². The van der Waals surface area contributed by atoms with Gasteiger partial charge in [0, 0.05) is 49.7 Å². The van der Waals surface area contributed by atoms with E-state index in [2.05, 4.69) is 10.6 Å². The summed E-state index contributed by atoms with van der Waals surface area (Å²) in [6.45, 7) is 1.14. The minimum atomic E-state index is -1.43. The fourth-order valence-corrected chi connectivity index (χ4v) is 6.72. The highest BCUT2D eigenvalue weighted by molar-refractivity contribution is 5.05. The molecule has 0 bridgehead atoms. The van der Waals surface area contributed by atoms with Gasteiger partial charge < -0.3 is 79.0 Å². The summed E-state index contributed by atoms with van der Waals surface area (Å²) >= 11 is 0. The average molecular weight is 592 g/mol. The quantitative estimate of drug-likeness (QED) is 0.101. The van der Waals surface area contributed by atoms with E-state index in [-0.39, 0.29) is 25.2 Å². The van der Waals surface area contributed by atoms with E-state index < -0.39 is 79.7 Å². The van der Waals surface area contributed by atoms with Crippen molar-refractivity contribution in [2.75, 3.05) is 32.8 Å². The van der Waals surface area contributed by atoms with E-state index in [0.29, 0.717) is 31.3 Å². The van der Waals surface area contributed by atoms with Gasteiger partial charge in [-0.2, -0.15) is 0 Å². The smallest absolute Gasteiger partial charge is 0.186 e. The standard InChI is InChI=1S/C26H53N7O8/c27-6-13(35)8-33-17-5-16(30)19(22(37)25(17)41-26-23(38)20(31)21(36)18(10-34)40-26)24-15(29)2-1-14(39-24)9-32-7-11-3-12(28)4-11/h11-26,32-38H,1-10,27-31H2/t11?,12?,13?,14-,15+,16-,17+,18+,19?,20-,21+,22-,23+,24-,25-,26+/m0/s1. The summed E-state index contributed by atoms with van der Waals surface area (Å²) in [6.07, 6.45) is -4.97. The molecule has 2 aliphatic heterocycles. The molecule has 4 fully saturated rings. The summed E-state index contributed by atoms with van der Waals surface area (Å²) in [5.41, 5.74) is 30.6. The first kappa shape index (κ1) is 33.3. The molecule has 0 spiro atoms. The number of aliphatic hydroxyl groups is 5. The minimum absolute atomic E-state index is 0.0333. The van der Waals surface area contributed by atoms with Gasteiger partial charge in [0.05, 0.1) is 37.1 Å². The molecule has 15 nitrogen and oxygen atoms in total. The Kier molecular flexibility index (Phi) is 12.1. The summed E-state index contributed by atoms with van der Waals surface area (Å²) in [4.78, 5) is 0. The Morgan fingerprint density at radius 1 is 0.902 bits per heavy atom. The van der Waals surface area contributed by atoms with E-state index in [1.54, 1.807) is 0 Å². The van der Waals surface area contributed by atoms with E-state index in [0.717, 1.165) is 25.8 Å². The highest BCUT2D eigenvalue weighted by Crippen LogP contribution is 2.36. The van der Waals surface area contributed by atoms with Gasteiger partial charge in [-0.05, 0) is 44.6 Å². The lowest BCUT2D eigenvalue weighted by Crippen LogP contribution is -2.69. The van der Waals surface area contributed by atoms with Crippen LogP contribution in [0, 0.1) is 11.8 Å². The summed E-state index contributed by atoms with van der Waals surface area (Å²) in [7, 11) is 0. The molecule has 0 aromatic rings. The second-order valence-corrected chi connectivity index (χ2v) is 12.5. The van der Waals surface area contributed by atoms with Gasteiger partial charge in [0.25, 0.3) is 0 Å². The number of nitrogens with two attached hydrogens (primary N) is 5. The third-order valence-corrected chi connectivity index (χ3v) is 9.31. The van der Waals surface area contributed by atoms with Crippen molar-refractivity contribution in [2.45, 2.75) is 117 Å². The van der Waals surface area contributed by atoms with Crippen molar-refractivity contribution in [3.63, 3.8) is 0 Å². The van der Waals surface area contributed by atoms with E-state index in [1.165, 1.54) is 0 Å². The van der Waals surface area contributed by atoms with Crippen molar-refractivity contribution in [1.82, 2.24) is 10.6 Å². The lowest BCUT2D eigenvalue weighted by Gasteiger charge is -2.51. The third kappa shape index (κ3) is 7.92. The van der Waals surface area contributed by atoms with Crippen molar-refractivity contribution in [1.29, 1.82) is 0 Å². The third-order valence-electron chi connectivity index (χ3n) is 9.31. The van der Waals surface area contributed by atoms with Crippen molar-refractivity contribution >= 4 is 0 Å². The van der Waals surface area contributed by atoms with Crippen LogP contribution in [0.2, 0.25) is 0 Å². The molecule has 4 aliphatic rings. The van der Waals surface area contributed by atoms with E-state index in [9.17, 15) is 25.5 Å². The Bertz CT molecular complexity index is 799. The first-order valence-corrected chi connectivity index (χ1v) is 15.0. The van der Waals surface area contributed by atoms with Crippen LogP contribution < -0.4 is 39.3 Å². The largest absolute Gasteiger partial charge is 0.394 e. The van der Waals surface area contributed by atoms with Crippen molar-refractivity contribution < 1.29 is 39.7 Å². The Labute approximate surface area is 241 Å². The van der Waals surface area contributed by atoms with Crippen LogP contribution in [0.5, 0.6) is 0 Å². The van der Waals surface area contributed by atoms with Crippen LogP contribution in [0.25, 0.3) is 0 Å². The number of hydrogen-bond acceptors (Lipinski definition) is 15. The Hall–Kier alpha value is -0.600. The molecule has 2 heterocycles. The van der Waals surface area contributed by atoms with Crippen LogP contribution in [0.3, 0.4) is 0 Å². The molecule has 0 amide bonds. The maximum absolute atomic E-state index is 11.8. The zero-order chi connectivity index (χ0) is 29.8. The summed E-state index contributed by atoms with van der Waals surface area (Å²) in [5.74, 6) is -0.0223. The van der Waals surface area contributed by atoms with Gasteiger partial charge in [0.15, 0.2) is 6.29 Å². The predicted molar refractivity (Wildman–Crippen MR) is 149 cm³/mol. The van der Waals surface area contributed by atoms with Gasteiger partial charge in [0.2, 0.25) is 0 Å². The lowest BCUT2D eigenvalue weighted by atomic mass is 9.72. The second kappa shape index (κ2) is 14.9. The van der Waals surface area contributed by atoms with Crippen molar-refractivity contribution in [3.8, 4) is 0 Å². The molecule has 2 aliphatic carbocycles. The molecule has 240 valence electrons. The molecule has 15 heteroatoms. The fourth-order valence-electron chi connectivity index (χ4n) is 6.72. The van der Waals surface area contributed by atoms with Gasteiger partial charge >= 0.3 is 0 Å². The first-order valence-electron chi connectivity index (χ1n) is 15.0. The molecule has 2 saturated heterocycles. The summed E-state index contributed by atoms with van der Waals surface area (Å²) in [6, 6.07) is -2.29. The molecule has 0 radical (unpaired) electrons. The normalized spacial score (nSPS) is 48.0. The van der Waals surface area contributed by atoms with Gasteiger partial charge in [-0.1, -0.05) is 0 Å². The van der Waals surface area contributed by atoms with Crippen LogP contribution >= 0.6 is 0 Å². The number of rotatable bonds is 12. The maximum Gasteiger partial charge on any atom is 0.186 e. The Morgan fingerprint density at radius 3 is 2.29 bits per heavy atom. The van der Waals surface area contributed by atoms with Crippen molar-refractivity contribution in [2.24, 2.45) is 40.5 Å². The van der Waals surface area contributed by atoms with Gasteiger partial charge in [-0.3, -0.25) is 0 Å². The molecule has 0 aromatic heterocycles. The van der Waals surface area contributed by atoms with Gasteiger partial charge in [0.1, 0.15) is 24.4 Å². The Morgan fingerprint density at radius 2 is 1.63 bits per heavy atom. The SMILES string of the molecule is NCC(O)CN[C@@H]1C[C@H](N)C([C@H]2O[C@H](CNCC3CC(N)C3)CC[C@H]2N)[C@H](O)[C@H]1O[C@H]1O[C@H](CO)[C@@H](O)[C@H](N)[C@H]1O. The topological polar surface area (TPSA) is 283 Å². The molecule has 14 atom stereocenters. The molecule has 0 aromatic carbocycles. The predicted octanol–water partition coefficient (Wildman–Crippen LogP) is -5.67. The van der Waals surface area contributed by atoms with Gasteiger partial charge in [-0.25, -0.2) is 0 Å². The molecule has 2 saturated carbocycles. The zero-order valence-corrected chi connectivity index (χ0v) is 23.7. The Balaban J connectivity index is 1.46. The highest BCUT2D eigenvalue weighted by atomic mass is 16.7. The maximum atomic E-state index is 11.8. The molecule has 2 unspecified atom stereocenters. The fraction of sp³-hybridized carbons (Fsp3) is 1.00. The first-order chi connectivity index (χ1) is 19.5. The molecular formula is C26H53N7O8. The minimum Gasteiger partial charge on any atom is -0.394 e. The molecule has 41 heavy (non-hydrogen) atoms. The van der Waals surface area contributed by atoms with E-state index in [1.807, 2.05) is 0 Å². The lowest BCUT2D eigenvalue weighted by molar-refractivity contribution is -0.306. The van der Waals surface area contributed by atoms with Crippen LogP contribution in [0.15, 0.2) is 0 Å². The number of ether oxygens (including phenoxy) is 3. The zero-order valence-electron chi connectivity index (χ0n) is 23.7. The van der Waals surface area contributed by atoms with E-state index in [4.69, 9.17) is 42.9 Å². The van der Waals surface area contributed by atoms with Crippen LogP contribution in [-0.2, 0) is 14.2 Å². The number of nitrogens with one attached hydrogen (secondary N) is 2. The van der Waals surface area contributed by atoms with Crippen LogP contribution in [0.4, 0.5) is 0 Å². The molecular weight excluding hydrogens is 538 g/mol. The second-order valence-electron chi connectivity index (χ2n) is 12.5. The van der Waals surface area contributed by atoms with Crippen LogP contribution in [-0.4, -0.2) is 144 Å². The number of hydrogen-bond donors (Lipinski definition) is 12.